The van der Waals surface area contributed by atoms with Crippen molar-refractivity contribution in [2.75, 3.05) is 6.54 Å². The SMILES string of the molecule is O=C(NCC1CCCCC1)Oc1ccc([N+](=O)[O-])cc1. The minimum atomic E-state index is -0.510. The van der Waals surface area contributed by atoms with E-state index in [0.717, 1.165) is 12.8 Å². The second-order valence-electron chi connectivity index (χ2n) is 5.03. The Morgan fingerprint density at radius 3 is 2.50 bits per heavy atom. The fourth-order valence-corrected chi connectivity index (χ4v) is 2.40. The van der Waals surface area contributed by atoms with Gasteiger partial charge in [0.15, 0.2) is 0 Å². The molecular formula is C14H18N2O4. The molecule has 6 nitrogen and oxygen atoms in total. The molecule has 1 fully saturated rings. The van der Waals surface area contributed by atoms with Gasteiger partial charge >= 0.3 is 6.09 Å². The third kappa shape index (κ3) is 4.22. The summed E-state index contributed by atoms with van der Waals surface area (Å²) in [5.41, 5.74) is -0.0278. The van der Waals surface area contributed by atoms with Gasteiger partial charge in [0.25, 0.3) is 5.69 Å². The molecule has 0 saturated heterocycles. The maximum absolute atomic E-state index is 11.6. The highest BCUT2D eigenvalue weighted by Gasteiger charge is 2.15. The van der Waals surface area contributed by atoms with Gasteiger partial charge in [-0.2, -0.15) is 0 Å². The van der Waals surface area contributed by atoms with Crippen LogP contribution in [0.25, 0.3) is 0 Å². The van der Waals surface area contributed by atoms with Crippen LogP contribution < -0.4 is 10.1 Å². The fourth-order valence-electron chi connectivity index (χ4n) is 2.40. The summed E-state index contributed by atoms with van der Waals surface area (Å²) in [6.07, 6.45) is 5.52. The van der Waals surface area contributed by atoms with E-state index in [1.165, 1.54) is 43.5 Å². The van der Waals surface area contributed by atoms with Gasteiger partial charge in [-0.25, -0.2) is 4.79 Å². The molecule has 1 aromatic carbocycles. The number of hydrogen-bond acceptors (Lipinski definition) is 4. The molecule has 1 aromatic rings. The molecule has 6 heteroatoms. The molecule has 2 rings (SSSR count). The van der Waals surface area contributed by atoms with E-state index in [2.05, 4.69) is 5.32 Å². The van der Waals surface area contributed by atoms with Crippen molar-refractivity contribution in [2.45, 2.75) is 32.1 Å². The van der Waals surface area contributed by atoms with Gasteiger partial charge in [-0.05, 0) is 30.9 Å². The number of nitro benzene ring substituents is 1. The van der Waals surface area contributed by atoms with E-state index in [4.69, 9.17) is 4.74 Å². The Morgan fingerprint density at radius 1 is 1.25 bits per heavy atom. The van der Waals surface area contributed by atoms with E-state index in [0.29, 0.717) is 18.2 Å². The first-order valence-electron chi connectivity index (χ1n) is 6.85. The number of rotatable bonds is 4. The van der Waals surface area contributed by atoms with Gasteiger partial charge in [0.05, 0.1) is 4.92 Å². The Hall–Kier alpha value is -2.11. The van der Waals surface area contributed by atoms with Crippen LogP contribution in [-0.2, 0) is 0 Å². The molecule has 1 amide bonds. The summed E-state index contributed by atoms with van der Waals surface area (Å²) < 4.78 is 5.07. The lowest BCUT2D eigenvalue weighted by Crippen LogP contribution is -2.32. The number of nitro groups is 1. The molecule has 0 bridgehead atoms. The van der Waals surface area contributed by atoms with Crippen molar-refractivity contribution in [3.63, 3.8) is 0 Å². The van der Waals surface area contributed by atoms with Crippen LogP contribution in [0.3, 0.4) is 0 Å². The van der Waals surface area contributed by atoms with Crippen molar-refractivity contribution in [1.29, 1.82) is 0 Å². The van der Waals surface area contributed by atoms with E-state index in [1.54, 1.807) is 0 Å². The Labute approximate surface area is 117 Å². The van der Waals surface area contributed by atoms with Crippen molar-refractivity contribution >= 4 is 11.8 Å². The highest BCUT2D eigenvalue weighted by molar-refractivity contribution is 5.70. The summed E-state index contributed by atoms with van der Waals surface area (Å²) in [4.78, 5) is 21.6. The second kappa shape index (κ2) is 6.88. The quantitative estimate of drug-likeness (QED) is 0.677. The molecule has 20 heavy (non-hydrogen) atoms. The van der Waals surface area contributed by atoms with E-state index in [-0.39, 0.29) is 5.69 Å². The average molecular weight is 278 g/mol. The van der Waals surface area contributed by atoms with Crippen LogP contribution in [0.2, 0.25) is 0 Å². The summed E-state index contributed by atoms with van der Waals surface area (Å²) in [7, 11) is 0. The topological polar surface area (TPSA) is 81.5 Å². The lowest BCUT2D eigenvalue weighted by molar-refractivity contribution is -0.384. The molecule has 0 aromatic heterocycles. The predicted octanol–water partition coefficient (Wildman–Crippen LogP) is 3.26. The van der Waals surface area contributed by atoms with Crippen LogP contribution in [-0.4, -0.2) is 17.6 Å². The van der Waals surface area contributed by atoms with Crippen molar-refractivity contribution in [2.24, 2.45) is 5.92 Å². The number of non-ortho nitro benzene ring substituents is 1. The van der Waals surface area contributed by atoms with E-state index in [1.807, 2.05) is 0 Å². The lowest BCUT2D eigenvalue weighted by Gasteiger charge is -2.21. The molecule has 0 radical (unpaired) electrons. The molecule has 1 aliphatic carbocycles. The third-order valence-corrected chi connectivity index (χ3v) is 3.52. The predicted molar refractivity (Wildman–Crippen MR) is 73.7 cm³/mol. The van der Waals surface area contributed by atoms with E-state index in [9.17, 15) is 14.9 Å². The van der Waals surface area contributed by atoms with Gasteiger partial charge < -0.3 is 10.1 Å². The van der Waals surface area contributed by atoms with Crippen molar-refractivity contribution in [3.8, 4) is 5.75 Å². The van der Waals surface area contributed by atoms with Gasteiger partial charge in [-0.1, -0.05) is 19.3 Å². The molecule has 0 heterocycles. The van der Waals surface area contributed by atoms with E-state index >= 15 is 0 Å². The lowest BCUT2D eigenvalue weighted by atomic mass is 9.89. The minimum absolute atomic E-state index is 0.0278. The van der Waals surface area contributed by atoms with Gasteiger partial charge in [-0.15, -0.1) is 0 Å². The number of benzene rings is 1. The number of amides is 1. The van der Waals surface area contributed by atoms with Crippen molar-refractivity contribution < 1.29 is 14.5 Å². The van der Waals surface area contributed by atoms with Gasteiger partial charge in [0.1, 0.15) is 5.75 Å². The molecule has 1 N–H and O–H groups in total. The van der Waals surface area contributed by atoms with Crippen LogP contribution in [0.1, 0.15) is 32.1 Å². The van der Waals surface area contributed by atoms with Crippen molar-refractivity contribution in [1.82, 2.24) is 5.32 Å². The molecule has 0 atom stereocenters. The number of nitrogens with one attached hydrogen (secondary N) is 1. The zero-order valence-corrected chi connectivity index (χ0v) is 11.2. The Bertz CT molecular complexity index is 467. The Kier molecular flexibility index (Phi) is 4.92. The van der Waals surface area contributed by atoms with Crippen LogP contribution in [0.5, 0.6) is 5.75 Å². The van der Waals surface area contributed by atoms with E-state index < -0.39 is 11.0 Å². The van der Waals surface area contributed by atoms with Crippen LogP contribution in [0.4, 0.5) is 10.5 Å². The summed E-state index contributed by atoms with van der Waals surface area (Å²) in [5.74, 6) is 0.838. The van der Waals surface area contributed by atoms with Gasteiger partial charge in [0.2, 0.25) is 0 Å². The highest BCUT2D eigenvalue weighted by Crippen LogP contribution is 2.23. The summed E-state index contributed by atoms with van der Waals surface area (Å²) in [6.45, 7) is 0.631. The highest BCUT2D eigenvalue weighted by atomic mass is 16.6. The van der Waals surface area contributed by atoms with Crippen LogP contribution >= 0.6 is 0 Å². The van der Waals surface area contributed by atoms with Crippen molar-refractivity contribution in [3.05, 3.63) is 34.4 Å². The van der Waals surface area contributed by atoms with Crippen LogP contribution in [0.15, 0.2) is 24.3 Å². The Morgan fingerprint density at radius 2 is 1.90 bits per heavy atom. The maximum Gasteiger partial charge on any atom is 0.412 e. The number of ether oxygens (including phenoxy) is 1. The van der Waals surface area contributed by atoms with Gasteiger partial charge in [0, 0.05) is 18.7 Å². The largest absolute Gasteiger partial charge is 0.412 e. The number of nitrogens with zero attached hydrogens (tertiary/aromatic N) is 1. The molecular weight excluding hydrogens is 260 g/mol. The molecule has 0 aliphatic heterocycles. The zero-order chi connectivity index (χ0) is 14.4. The number of carbonyl (C=O) groups excluding carboxylic acids is 1. The monoisotopic (exact) mass is 278 g/mol. The fraction of sp³-hybridized carbons (Fsp3) is 0.500. The molecule has 108 valence electrons. The minimum Gasteiger partial charge on any atom is -0.410 e. The smallest absolute Gasteiger partial charge is 0.410 e. The normalized spacial score (nSPS) is 15.6. The second-order valence-corrected chi connectivity index (χ2v) is 5.03. The summed E-state index contributed by atoms with van der Waals surface area (Å²) in [6, 6.07) is 5.45. The molecule has 0 spiro atoms. The number of hydrogen-bond donors (Lipinski definition) is 1. The Balaban J connectivity index is 1.77. The summed E-state index contributed by atoms with van der Waals surface area (Å²) in [5, 5.41) is 13.2. The maximum atomic E-state index is 11.6. The number of carbonyl (C=O) groups is 1. The van der Waals surface area contributed by atoms with Crippen LogP contribution in [0, 0.1) is 16.0 Å². The molecule has 1 saturated carbocycles. The first kappa shape index (κ1) is 14.3. The van der Waals surface area contributed by atoms with Gasteiger partial charge in [-0.3, -0.25) is 10.1 Å². The first-order valence-corrected chi connectivity index (χ1v) is 6.85. The summed E-state index contributed by atoms with van der Waals surface area (Å²) >= 11 is 0. The standard InChI is InChI=1S/C14H18N2O4/c17-14(15-10-11-4-2-1-3-5-11)20-13-8-6-12(7-9-13)16(18)19/h6-9,11H,1-5,10H2,(H,15,17). The molecule has 1 aliphatic rings. The average Bonchev–Trinajstić information content (AvgIpc) is 2.47. The first-order chi connectivity index (χ1) is 9.65. The third-order valence-electron chi connectivity index (χ3n) is 3.52. The zero-order valence-electron chi connectivity index (χ0n) is 11.2. The molecule has 0 unspecified atom stereocenters.